The summed E-state index contributed by atoms with van der Waals surface area (Å²) < 4.78 is 1.57. The van der Waals surface area contributed by atoms with E-state index in [1.165, 1.54) is 6.33 Å². The molecule has 4 rings (SSSR count). The van der Waals surface area contributed by atoms with Crippen LogP contribution in [0.4, 0.5) is 5.69 Å². The van der Waals surface area contributed by atoms with Gasteiger partial charge < -0.3 is 15.4 Å². The van der Waals surface area contributed by atoms with E-state index in [4.69, 9.17) is 0 Å². The van der Waals surface area contributed by atoms with E-state index >= 15 is 0 Å². The highest BCUT2D eigenvalue weighted by molar-refractivity contribution is 6.06. The van der Waals surface area contributed by atoms with Gasteiger partial charge in [-0.1, -0.05) is 18.2 Å². The Labute approximate surface area is 162 Å². The molecule has 0 fully saturated rings. The van der Waals surface area contributed by atoms with Crippen molar-refractivity contribution in [2.45, 2.75) is 26.5 Å². The van der Waals surface area contributed by atoms with Crippen LogP contribution in [-0.2, 0) is 6.54 Å². The normalized spacial score (nSPS) is 12.2. The van der Waals surface area contributed by atoms with Crippen LogP contribution in [0.3, 0.4) is 0 Å². The maximum atomic E-state index is 12.6. The van der Waals surface area contributed by atoms with Gasteiger partial charge in [0.15, 0.2) is 0 Å². The van der Waals surface area contributed by atoms with Crippen LogP contribution >= 0.6 is 0 Å². The van der Waals surface area contributed by atoms with Crippen LogP contribution in [0.5, 0.6) is 0 Å². The Morgan fingerprint density at radius 3 is 2.71 bits per heavy atom. The average molecular weight is 375 g/mol. The molecule has 0 bridgehead atoms. The molecule has 7 heteroatoms. The number of aliphatic hydroxyl groups excluding tert-OH is 1. The number of benzene rings is 2. The van der Waals surface area contributed by atoms with Crippen molar-refractivity contribution in [1.82, 2.24) is 19.7 Å². The molecule has 2 aromatic carbocycles. The van der Waals surface area contributed by atoms with Gasteiger partial charge in [-0.15, -0.1) is 0 Å². The first-order valence-corrected chi connectivity index (χ1v) is 9.01. The molecule has 0 saturated carbocycles. The van der Waals surface area contributed by atoms with Crippen LogP contribution in [0.2, 0.25) is 0 Å². The first kappa shape index (κ1) is 17.9. The van der Waals surface area contributed by atoms with Crippen molar-refractivity contribution in [2.24, 2.45) is 0 Å². The van der Waals surface area contributed by atoms with Gasteiger partial charge in [-0.2, -0.15) is 5.10 Å². The van der Waals surface area contributed by atoms with E-state index in [0.29, 0.717) is 17.9 Å². The number of carbonyl (C=O) groups is 1. The first-order valence-electron chi connectivity index (χ1n) is 9.01. The molecule has 1 amide bonds. The van der Waals surface area contributed by atoms with Gasteiger partial charge in [-0.3, -0.25) is 9.48 Å². The summed E-state index contributed by atoms with van der Waals surface area (Å²) in [6.07, 6.45) is 2.28. The third kappa shape index (κ3) is 3.65. The minimum Gasteiger partial charge on any atom is -0.386 e. The van der Waals surface area contributed by atoms with Crippen molar-refractivity contribution >= 4 is 22.5 Å². The van der Waals surface area contributed by atoms with Crippen molar-refractivity contribution in [3.63, 3.8) is 0 Å². The monoisotopic (exact) mass is 375 g/mol. The second kappa shape index (κ2) is 7.28. The number of hydrogen-bond donors (Lipinski definition) is 3. The maximum Gasteiger partial charge on any atom is 0.272 e. The highest BCUT2D eigenvalue weighted by atomic mass is 16.3. The second-order valence-corrected chi connectivity index (χ2v) is 6.94. The SMILES string of the molecule is Cc1cc(C)c2cc(C(=O)Nc3ccc([C@H](O)Cn4cncn4)cc3)[nH]c2c1. The van der Waals surface area contributed by atoms with Gasteiger partial charge in [0, 0.05) is 16.6 Å². The van der Waals surface area contributed by atoms with Crippen LogP contribution in [0, 0.1) is 13.8 Å². The number of carbonyl (C=O) groups excluding carboxylic acids is 1. The van der Waals surface area contributed by atoms with Gasteiger partial charge in [0.1, 0.15) is 18.3 Å². The van der Waals surface area contributed by atoms with E-state index in [1.807, 2.05) is 26.0 Å². The van der Waals surface area contributed by atoms with Crippen molar-refractivity contribution < 1.29 is 9.90 Å². The quantitative estimate of drug-likeness (QED) is 0.498. The average Bonchev–Trinajstić information content (AvgIpc) is 3.32. The molecule has 3 N–H and O–H groups in total. The molecular formula is C21H21N5O2. The topological polar surface area (TPSA) is 95.8 Å². The second-order valence-electron chi connectivity index (χ2n) is 6.94. The molecule has 2 heterocycles. The lowest BCUT2D eigenvalue weighted by molar-refractivity contribution is 0.102. The van der Waals surface area contributed by atoms with Crippen molar-refractivity contribution in [2.75, 3.05) is 5.32 Å². The number of nitrogens with one attached hydrogen (secondary N) is 2. The number of H-pyrrole nitrogens is 1. The highest BCUT2D eigenvalue weighted by Crippen LogP contribution is 2.23. The van der Waals surface area contributed by atoms with Crippen molar-refractivity contribution in [3.05, 3.63) is 77.5 Å². The Morgan fingerprint density at radius 2 is 2.00 bits per heavy atom. The predicted molar refractivity (Wildman–Crippen MR) is 107 cm³/mol. The van der Waals surface area contributed by atoms with E-state index in [2.05, 4.69) is 26.4 Å². The van der Waals surface area contributed by atoms with Crippen LogP contribution in [0.1, 0.15) is 33.3 Å². The number of aromatic amines is 1. The molecule has 2 aromatic heterocycles. The Balaban J connectivity index is 1.47. The summed E-state index contributed by atoms with van der Waals surface area (Å²) in [5.41, 5.74) is 5.15. The summed E-state index contributed by atoms with van der Waals surface area (Å²) in [6.45, 7) is 4.39. The molecule has 0 unspecified atom stereocenters. The van der Waals surface area contributed by atoms with Crippen LogP contribution in [-0.4, -0.2) is 30.8 Å². The van der Waals surface area contributed by atoms with Gasteiger partial charge in [-0.25, -0.2) is 4.98 Å². The van der Waals surface area contributed by atoms with Gasteiger partial charge in [0.25, 0.3) is 5.91 Å². The summed E-state index contributed by atoms with van der Waals surface area (Å²) in [6, 6.07) is 13.1. The zero-order valence-electron chi connectivity index (χ0n) is 15.7. The Hall–Kier alpha value is -3.45. The lowest BCUT2D eigenvalue weighted by Crippen LogP contribution is -2.12. The maximum absolute atomic E-state index is 12.6. The van der Waals surface area contributed by atoms with Crippen molar-refractivity contribution in [1.29, 1.82) is 0 Å². The minimum atomic E-state index is -0.702. The minimum absolute atomic E-state index is 0.204. The van der Waals surface area contributed by atoms with Crippen LogP contribution < -0.4 is 5.32 Å². The fraction of sp³-hybridized carbons (Fsp3) is 0.190. The van der Waals surface area contributed by atoms with Crippen molar-refractivity contribution in [3.8, 4) is 0 Å². The molecular weight excluding hydrogens is 354 g/mol. The molecule has 0 aliphatic carbocycles. The zero-order valence-corrected chi connectivity index (χ0v) is 15.7. The Bertz CT molecular complexity index is 1110. The molecule has 4 aromatic rings. The molecule has 142 valence electrons. The van der Waals surface area contributed by atoms with E-state index in [0.717, 1.165) is 27.6 Å². The number of hydrogen-bond acceptors (Lipinski definition) is 4. The van der Waals surface area contributed by atoms with Gasteiger partial charge in [-0.05, 0) is 54.8 Å². The number of aliphatic hydroxyl groups is 1. The standard InChI is InChI=1S/C21H21N5O2/c1-13-7-14(2)17-9-19(25-18(17)8-13)21(28)24-16-5-3-15(4-6-16)20(27)10-26-12-22-11-23-26/h3-9,11-12,20,25,27H,10H2,1-2H3,(H,24,28)/t20-/m1/s1. The number of fused-ring (bicyclic) bond motifs is 1. The number of nitrogens with zero attached hydrogens (tertiary/aromatic N) is 3. The molecule has 1 atom stereocenters. The molecule has 0 aliphatic rings. The summed E-state index contributed by atoms with van der Waals surface area (Å²) in [5, 5.41) is 18.2. The van der Waals surface area contributed by atoms with Gasteiger partial charge in [0.2, 0.25) is 0 Å². The van der Waals surface area contributed by atoms with Crippen LogP contribution in [0.25, 0.3) is 10.9 Å². The molecule has 0 aliphatic heterocycles. The first-order chi connectivity index (χ1) is 13.5. The summed E-state index contributed by atoms with van der Waals surface area (Å²) in [7, 11) is 0. The van der Waals surface area contributed by atoms with E-state index in [1.54, 1.807) is 35.3 Å². The lowest BCUT2D eigenvalue weighted by Gasteiger charge is -2.11. The fourth-order valence-electron chi connectivity index (χ4n) is 3.32. The third-order valence-corrected chi connectivity index (χ3v) is 4.71. The zero-order chi connectivity index (χ0) is 19.7. The fourth-order valence-corrected chi connectivity index (χ4v) is 3.32. The van der Waals surface area contributed by atoms with Crippen LogP contribution in [0.15, 0.2) is 55.1 Å². The number of aromatic nitrogens is 4. The van der Waals surface area contributed by atoms with Gasteiger partial charge >= 0.3 is 0 Å². The summed E-state index contributed by atoms with van der Waals surface area (Å²) in [4.78, 5) is 19.6. The highest BCUT2D eigenvalue weighted by Gasteiger charge is 2.13. The van der Waals surface area contributed by atoms with E-state index in [-0.39, 0.29) is 5.91 Å². The Kier molecular flexibility index (Phi) is 4.67. The molecule has 7 nitrogen and oxygen atoms in total. The number of amides is 1. The predicted octanol–water partition coefficient (Wildman–Crippen LogP) is 3.36. The molecule has 0 saturated heterocycles. The summed E-state index contributed by atoms with van der Waals surface area (Å²) in [5.74, 6) is -0.204. The summed E-state index contributed by atoms with van der Waals surface area (Å²) >= 11 is 0. The van der Waals surface area contributed by atoms with Gasteiger partial charge in [0.05, 0.1) is 12.6 Å². The molecule has 0 radical (unpaired) electrons. The van der Waals surface area contributed by atoms with E-state index < -0.39 is 6.10 Å². The molecule has 0 spiro atoms. The Morgan fingerprint density at radius 1 is 1.21 bits per heavy atom. The number of anilines is 1. The molecule has 28 heavy (non-hydrogen) atoms. The third-order valence-electron chi connectivity index (χ3n) is 4.71. The number of aryl methyl sites for hydroxylation is 2. The van der Waals surface area contributed by atoms with E-state index in [9.17, 15) is 9.90 Å². The smallest absolute Gasteiger partial charge is 0.272 e. The number of rotatable bonds is 5. The largest absolute Gasteiger partial charge is 0.386 e. The lowest BCUT2D eigenvalue weighted by atomic mass is 10.1.